The fraction of sp³-hybridized carbons (Fsp3) is 1.00. The van der Waals surface area contributed by atoms with Crippen molar-refractivity contribution in [3.8, 4) is 0 Å². The minimum Gasteiger partial charge on any atom is -0.396 e. The van der Waals surface area contributed by atoms with Gasteiger partial charge in [-0.25, -0.2) is 0 Å². The SMILES string of the molecule is OC[C@@H]1CCCO[C@H]1CO. The van der Waals surface area contributed by atoms with Crippen LogP contribution >= 0.6 is 0 Å². The zero-order valence-corrected chi connectivity index (χ0v) is 5.99. The summed E-state index contributed by atoms with van der Waals surface area (Å²) in [7, 11) is 0. The minimum absolute atomic E-state index is 0.0330. The van der Waals surface area contributed by atoms with Gasteiger partial charge in [-0.1, -0.05) is 0 Å². The molecule has 3 nitrogen and oxygen atoms in total. The van der Waals surface area contributed by atoms with Gasteiger partial charge >= 0.3 is 0 Å². The first-order chi connectivity index (χ1) is 4.88. The molecule has 1 fully saturated rings. The Morgan fingerprint density at radius 3 is 2.60 bits per heavy atom. The third-order valence-corrected chi connectivity index (χ3v) is 1.99. The zero-order chi connectivity index (χ0) is 7.40. The molecular formula is C7H14O3. The van der Waals surface area contributed by atoms with E-state index in [1.165, 1.54) is 0 Å². The fourth-order valence-corrected chi connectivity index (χ4v) is 1.31. The van der Waals surface area contributed by atoms with E-state index in [9.17, 15) is 0 Å². The number of hydrogen-bond donors (Lipinski definition) is 2. The monoisotopic (exact) mass is 146 g/mol. The molecule has 0 aromatic rings. The van der Waals surface area contributed by atoms with Crippen molar-refractivity contribution < 1.29 is 14.9 Å². The van der Waals surface area contributed by atoms with Gasteiger partial charge in [-0.2, -0.15) is 0 Å². The van der Waals surface area contributed by atoms with E-state index >= 15 is 0 Å². The molecule has 0 saturated carbocycles. The lowest BCUT2D eigenvalue weighted by atomic mass is 9.96. The zero-order valence-electron chi connectivity index (χ0n) is 5.99. The molecule has 1 rings (SSSR count). The van der Waals surface area contributed by atoms with Crippen LogP contribution in [0.4, 0.5) is 0 Å². The number of hydrogen-bond acceptors (Lipinski definition) is 3. The average Bonchev–Trinajstić information content (AvgIpc) is 2.04. The molecular weight excluding hydrogens is 132 g/mol. The van der Waals surface area contributed by atoms with Crippen molar-refractivity contribution in [1.29, 1.82) is 0 Å². The Balaban J connectivity index is 2.34. The van der Waals surface area contributed by atoms with Crippen LogP contribution in [0.1, 0.15) is 12.8 Å². The Morgan fingerprint density at radius 1 is 1.30 bits per heavy atom. The minimum atomic E-state index is -0.126. The first-order valence-electron chi connectivity index (χ1n) is 3.71. The Morgan fingerprint density at radius 2 is 2.10 bits per heavy atom. The third kappa shape index (κ3) is 1.68. The van der Waals surface area contributed by atoms with Crippen molar-refractivity contribution in [2.24, 2.45) is 5.92 Å². The van der Waals surface area contributed by atoms with Gasteiger partial charge in [0.25, 0.3) is 0 Å². The standard InChI is InChI=1S/C7H14O3/c8-4-6-2-1-3-10-7(6)5-9/h6-9H,1-5H2/t6-,7-/m0/s1. The summed E-state index contributed by atoms with van der Waals surface area (Å²) in [5.41, 5.74) is 0. The van der Waals surface area contributed by atoms with E-state index in [2.05, 4.69) is 0 Å². The van der Waals surface area contributed by atoms with Crippen molar-refractivity contribution in [3.63, 3.8) is 0 Å². The molecule has 1 heterocycles. The molecule has 10 heavy (non-hydrogen) atoms. The molecule has 1 saturated heterocycles. The van der Waals surface area contributed by atoms with Crippen molar-refractivity contribution in [3.05, 3.63) is 0 Å². The summed E-state index contributed by atoms with van der Waals surface area (Å²) in [5, 5.41) is 17.6. The lowest BCUT2D eigenvalue weighted by molar-refractivity contribution is -0.0686. The highest BCUT2D eigenvalue weighted by Crippen LogP contribution is 2.19. The number of rotatable bonds is 2. The second kappa shape index (κ2) is 3.91. The first-order valence-corrected chi connectivity index (χ1v) is 3.71. The van der Waals surface area contributed by atoms with Crippen LogP contribution in [0, 0.1) is 5.92 Å². The van der Waals surface area contributed by atoms with Crippen LogP contribution in [0.25, 0.3) is 0 Å². The smallest absolute Gasteiger partial charge is 0.0855 e. The molecule has 0 bridgehead atoms. The molecule has 0 aromatic carbocycles. The predicted octanol–water partition coefficient (Wildman–Crippen LogP) is -0.234. The van der Waals surface area contributed by atoms with Crippen LogP contribution in [0.3, 0.4) is 0 Å². The summed E-state index contributed by atoms with van der Waals surface area (Å²) in [5.74, 6) is 0.152. The molecule has 0 spiro atoms. The summed E-state index contributed by atoms with van der Waals surface area (Å²) < 4.78 is 5.22. The topological polar surface area (TPSA) is 49.7 Å². The maximum Gasteiger partial charge on any atom is 0.0855 e. The van der Waals surface area contributed by atoms with Gasteiger partial charge in [-0.15, -0.1) is 0 Å². The second-order valence-electron chi connectivity index (χ2n) is 2.68. The Bertz CT molecular complexity index is 82.9. The van der Waals surface area contributed by atoms with Crippen molar-refractivity contribution in [2.75, 3.05) is 19.8 Å². The highest BCUT2D eigenvalue weighted by atomic mass is 16.5. The molecule has 3 heteroatoms. The number of aliphatic hydroxyl groups excluding tert-OH is 2. The van der Waals surface area contributed by atoms with Gasteiger partial charge in [-0.05, 0) is 12.8 Å². The Hall–Kier alpha value is -0.120. The van der Waals surface area contributed by atoms with Crippen LogP contribution in [0.5, 0.6) is 0 Å². The van der Waals surface area contributed by atoms with E-state index in [-0.39, 0.29) is 25.2 Å². The summed E-state index contributed by atoms with van der Waals surface area (Å²) >= 11 is 0. The van der Waals surface area contributed by atoms with Gasteiger partial charge in [0.1, 0.15) is 0 Å². The van der Waals surface area contributed by atoms with E-state index in [4.69, 9.17) is 14.9 Å². The van der Waals surface area contributed by atoms with Crippen LogP contribution < -0.4 is 0 Å². The molecule has 2 atom stereocenters. The van der Waals surface area contributed by atoms with Gasteiger partial charge in [0.15, 0.2) is 0 Å². The van der Waals surface area contributed by atoms with Crippen molar-refractivity contribution >= 4 is 0 Å². The van der Waals surface area contributed by atoms with Gasteiger partial charge in [-0.3, -0.25) is 0 Å². The van der Waals surface area contributed by atoms with Gasteiger partial charge in [0.05, 0.1) is 12.7 Å². The molecule has 1 aliphatic rings. The maximum absolute atomic E-state index is 8.80. The quantitative estimate of drug-likeness (QED) is 0.565. The summed E-state index contributed by atoms with van der Waals surface area (Å²) in [6.07, 6.45) is 1.85. The van der Waals surface area contributed by atoms with Crippen LogP contribution in [-0.2, 0) is 4.74 Å². The molecule has 2 N–H and O–H groups in total. The molecule has 0 aliphatic carbocycles. The van der Waals surface area contributed by atoms with E-state index in [1.54, 1.807) is 0 Å². The lowest BCUT2D eigenvalue weighted by Crippen LogP contribution is -2.34. The summed E-state index contributed by atoms with van der Waals surface area (Å²) in [4.78, 5) is 0. The third-order valence-electron chi connectivity index (χ3n) is 1.99. The number of ether oxygens (including phenoxy) is 1. The molecule has 60 valence electrons. The molecule has 1 aliphatic heterocycles. The second-order valence-corrected chi connectivity index (χ2v) is 2.68. The van der Waals surface area contributed by atoms with Crippen LogP contribution in [-0.4, -0.2) is 36.1 Å². The van der Waals surface area contributed by atoms with Crippen LogP contribution in [0.2, 0.25) is 0 Å². The van der Waals surface area contributed by atoms with Crippen LogP contribution in [0.15, 0.2) is 0 Å². The summed E-state index contributed by atoms with van der Waals surface area (Å²) in [6.45, 7) is 0.887. The molecule has 0 aromatic heterocycles. The van der Waals surface area contributed by atoms with E-state index < -0.39 is 0 Å². The van der Waals surface area contributed by atoms with E-state index in [1.807, 2.05) is 0 Å². The highest BCUT2D eigenvalue weighted by molar-refractivity contribution is 4.72. The molecule has 0 unspecified atom stereocenters. The largest absolute Gasteiger partial charge is 0.396 e. The average molecular weight is 146 g/mol. The molecule has 0 amide bonds. The summed E-state index contributed by atoms with van der Waals surface area (Å²) in [6, 6.07) is 0. The van der Waals surface area contributed by atoms with Gasteiger partial charge in [0.2, 0.25) is 0 Å². The lowest BCUT2D eigenvalue weighted by Gasteiger charge is -2.28. The number of aliphatic hydroxyl groups is 2. The molecule has 0 radical (unpaired) electrons. The van der Waals surface area contributed by atoms with Gasteiger partial charge in [0, 0.05) is 19.1 Å². The van der Waals surface area contributed by atoms with E-state index in [0.717, 1.165) is 19.4 Å². The first kappa shape index (κ1) is 7.98. The maximum atomic E-state index is 8.80. The predicted molar refractivity (Wildman–Crippen MR) is 36.6 cm³/mol. The Labute approximate surface area is 60.6 Å². The Kier molecular flexibility index (Phi) is 3.12. The van der Waals surface area contributed by atoms with Gasteiger partial charge < -0.3 is 14.9 Å². The van der Waals surface area contributed by atoms with Crippen molar-refractivity contribution in [1.82, 2.24) is 0 Å². The highest BCUT2D eigenvalue weighted by Gasteiger charge is 2.23. The normalized spacial score (nSPS) is 34.2. The van der Waals surface area contributed by atoms with E-state index in [0.29, 0.717) is 0 Å². The van der Waals surface area contributed by atoms with Crippen molar-refractivity contribution in [2.45, 2.75) is 18.9 Å². The fourth-order valence-electron chi connectivity index (χ4n) is 1.31.